The van der Waals surface area contributed by atoms with Crippen LogP contribution < -0.4 is 5.32 Å². The van der Waals surface area contributed by atoms with Crippen LogP contribution in [0.2, 0.25) is 0 Å². The molecule has 1 heterocycles. The third kappa shape index (κ3) is 2.65. The third-order valence-electron chi connectivity index (χ3n) is 3.35. The van der Waals surface area contributed by atoms with Crippen LogP contribution in [0.1, 0.15) is 18.5 Å². The van der Waals surface area contributed by atoms with Crippen molar-refractivity contribution in [2.24, 2.45) is 0 Å². The molecule has 1 aliphatic heterocycles. The standard InChI is InChI=1S/C12H16FN3O2/c1-9(15-6-4-14-5-7-15)10-2-3-11(13)12(8-10)16(17)18/h2-3,8-9,14H,4-7H2,1H3/t9-/m1/s1. The first kappa shape index (κ1) is 12.9. The van der Waals surface area contributed by atoms with Crippen LogP contribution in [0.4, 0.5) is 10.1 Å². The van der Waals surface area contributed by atoms with Gasteiger partial charge in [-0.25, -0.2) is 0 Å². The number of hydrogen-bond acceptors (Lipinski definition) is 4. The molecule has 0 radical (unpaired) electrons. The predicted octanol–water partition coefficient (Wildman–Crippen LogP) is 1.70. The molecule has 1 aromatic carbocycles. The topological polar surface area (TPSA) is 58.4 Å². The van der Waals surface area contributed by atoms with Gasteiger partial charge in [-0.15, -0.1) is 0 Å². The van der Waals surface area contributed by atoms with Crippen molar-refractivity contribution in [3.8, 4) is 0 Å². The van der Waals surface area contributed by atoms with E-state index in [9.17, 15) is 14.5 Å². The average molecular weight is 253 g/mol. The van der Waals surface area contributed by atoms with Gasteiger partial charge in [0.15, 0.2) is 0 Å². The lowest BCUT2D eigenvalue weighted by Crippen LogP contribution is -2.44. The number of nitrogens with zero attached hydrogens (tertiary/aromatic N) is 2. The van der Waals surface area contributed by atoms with Crippen molar-refractivity contribution in [1.29, 1.82) is 0 Å². The minimum atomic E-state index is -0.781. The third-order valence-corrected chi connectivity index (χ3v) is 3.35. The largest absolute Gasteiger partial charge is 0.314 e. The minimum absolute atomic E-state index is 0.0615. The molecule has 0 aromatic heterocycles. The zero-order valence-electron chi connectivity index (χ0n) is 10.2. The van der Waals surface area contributed by atoms with Gasteiger partial charge in [-0.3, -0.25) is 15.0 Å². The second kappa shape index (κ2) is 5.41. The second-order valence-corrected chi connectivity index (χ2v) is 4.43. The van der Waals surface area contributed by atoms with Crippen molar-refractivity contribution in [3.63, 3.8) is 0 Å². The molecule has 0 spiro atoms. The van der Waals surface area contributed by atoms with E-state index >= 15 is 0 Å². The highest BCUT2D eigenvalue weighted by Crippen LogP contribution is 2.26. The first-order chi connectivity index (χ1) is 8.59. The monoisotopic (exact) mass is 253 g/mol. The van der Waals surface area contributed by atoms with Crippen LogP contribution in [0, 0.1) is 15.9 Å². The fourth-order valence-corrected chi connectivity index (χ4v) is 2.21. The molecule has 98 valence electrons. The molecule has 1 N–H and O–H groups in total. The maximum Gasteiger partial charge on any atom is 0.305 e. The van der Waals surface area contributed by atoms with Gasteiger partial charge in [0.05, 0.1) is 4.92 Å². The predicted molar refractivity (Wildman–Crippen MR) is 65.9 cm³/mol. The number of piperazine rings is 1. The number of halogens is 1. The van der Waals surface area contributed by atoms with E-state index in [1.807, 2.05) is 6.92 Å². The van der Waals surface area contributed by atoms with E-state index in [4.69, 9.17) is 0 Å². The number of nitro benzene ring substituents is 1. The summed E-state index contributed by atoms with van der Waals surface area (Å²) in [7, 11) is 0. The molecule has 1 saturated heterocycles. The second-order valence-electron chi connectivity index (χ2n) is 4.43. The Kier molecular flexibility index (Phi) is 3.88. The summed E-state index contributed by atoms with van der Waals surface area (Å²) in [5.41, 5.74) is 0.333. The molecule has 1 atom stereocenters. The van der Waals surface area contributed by atoms with Crippen LogP contribution >= 0.6 is 0 Å². The highest BCUT2D eigenvalue weighted by molar-refractivity contribution is 5.37. The van der Waals surface area contributed by atoms with Crippen LogP contribution in [-0.2, 0) is 0 Å². The van der Waals surface area contributed by atoms with Gasteiger partial charge in [0.1, 0.15) is 0 Å². The molecule has 1 aliphatic rings. The van der Waals surface area contributed by atoms with E-state index in [2.05, 4.69) is 10.2 Å². The lowest BCUT2D eigenvalue weighted by Gasteiger charge is -2.32. The molecule has 0 saturated carbocycles. The number of nitro groups is 1. The van der Waals surface area contributed by atoms with Crippen LogP contribution in [0.25, 0.3) is 0 Å². The highest BCUT2D eigenvalue weighted by Gasteiger charge is 2.21. The Morgan fingerprint density at radius 3 is 2.72 bits per heavy atom. The van der Waals surface area contributed by atoms with Crippen LogP contribution in [-0.4, -0.2) is 36.0 Å². The van der Waals surface area contributed by atoms with Gasteiger partial charge in [0, 0.05) is 38.3 Å². The zero-order chi connectivity index (χ0) is 13.1. The smallest absolute Gasteiger partial charge is 0.305 e. The Labute approximate surface area is 105 Å². The Bertz CT molecular complexity index is 447. The lowest BCUT2D eigenvalue weighted by molar-refractivity contribution is -0.387. The van der Waals surface area contributed by atoms with Crippen molar-refractivity contribution < 1.29 is 9.31 Å². The molecule has 0 aliphatic carbocycles. The van der Waals surface area contributed by atoms with Gasteiger partial charge < -0.3 is 5.32 Å². The van der Waals surface area contributed by atoms with Gasteiger partial charge in [-0.1, -0.05) is 6.07 Å². The van der Waals surface area contributed by atoms with Crippen molar-refractivity contribution in [3.05, 3.63) is 39.7 Å². The van der Waals surface area contributed by atoms with E-state index < -0.39 is 16.4 Å². The van der Waals surface area contributed by atoms with Crippen molar-refractivity contribution in [2.45, 2.75) is 13.0 Å². The summed E-state index contributed by atoms with van der Waals surface area (Å²) >= 11 is 0. The number of nitrogens with one attached hydrogen (secondary N) is 1. The maximum absolute atomic E-state index is 13.3. The summed E-state index contributed by atoms with van der Waals surface area (Å²) in [6, 6.07) is 4.19. The molecule has 2 rings (SSSR count). The molecular weight excluding hydrogens is 237 g/mol. The fraction of sp³-hybridized carbons (Fsp3) is 0.500. The van der Waals surface area contributed by atoms with Gasteiger partial charge in [0.25, 0.3) is 0 Å². The number of benzene rings is 1. The SMILES string of the molecule is C[C@H](c1ccc(F)c([N+](=O)[O-])c1)N1CCNCC1. The summed E-state index contributed by atoms with van der Waals surface area (Å²) in [6.07, 6.45) is 0. The average Bonchev–Trinajstić information content (AvgIpc) is 2.39. The number of rotatable bonds is 3. The van der Waals surface area contributed by atoms with Gasteiger partial charge >= 0.3 is 5.69 Å². The quantitative estimate of drug-likeness (QED) is 0.658. The first-order valence-corrected chi connectivity index (χ1v) is 5.98. The molecule has 6 heteroatoms. The van der Waals surface area contributed by atoms with Crippen LogP contribution in [0.5, 0.6) is 0 Å². The summed E-state index contributed by atoms with van der Waals surface area (Å²) in [5.74, 6) is -0.781. The first-order valence-electron chi connectivity index (χ1n) is 5.98. The van der Waals surface area contributed by atoms with Gasteiger partial charge in [-0.05, 0) is 18.6 Å². The van der Waals surface area contributed by atoms with E-state index in [1.54, 1.807) is 6.07 Å². The Morgan fingerprint density at radius 1 is 1.44 bits per heavy atom. The highest BCUT2D eigenvalue weighted by atomic mass is 19.1. The zero-order valence-corrected chi connectivity index (χ0v) is 10.2. The van der Waals surface area contributed by atoms with Crippen molar-refractivity contribution in [2.75, 3.05) is 26.2 Å². The summed E-state index contributed by atoms with van der Waals surface area (Å²) in [6.45, 7) is 5.60. The summed E-state index contributed by atoms with van der Waals surface area (Å²) < 4.78 is 13.3. The van der Waals surface area contributed by atoms with Crippen molar-refractivity contribution in [1.82, 2.24) is 10.2 Å². The summed E-state index contributed by atoms with van der Waals surface area (Å²) in [5, 5.41) is 14.0. The molecule has 0 amide bonds. The molecule has 1 fully saturated rings. The van der Waals surface area contributed by atoms with Crippen LogP contribution in [0.15, 0.2) is 18.2 Å². The lowest BCUT2D eigenvalue weighted by atomic mass is 10.1. The van der Waals surface area contributed by atoms with E-state index in [-0.39, 0.29) is 6.04 Å². The van der Waals surface area contributed by atoms with Gasteiger partial charge in [-0.2, -0.15) is 4.39 Å². The fourth-order valence-electron chi connectivity index (χ4n) is 2.21. The molecule has 1 aromatic rings. The minimum Gasteiger partial charge on any atom is -0.314 e. The molecule has 5 nitrogen and oxygen atoms in total. The number of hydrogen-bond donors (Lipinski definition) is 1. The summed E-state index contributed by atoms with van der Waals surface area (Å²) in [4.78, 5) is 12.3. The maximum atomic E-state index is 13.3. The molecule has 18 heavy (non-hydrogen) atoms. The van der Waals surface area contributed by atoms with E-state index in [0.29, 0.717) is 0 Å². The van der Waals surface area contributed by atoms with E-state index in [1.165, 1.54) is 12.1 Å². The Balaban J connectivity index is 2.21. The normalized spacial score (nSPS) is 18.6. The van der Waals surface area contributed by atoms with Crippen molar-refractivity contribution >= 4 is 5.69 Å². The Hall–Kier alpha value is -1.53. The molecule has 0 unspecified atom stereocenters. The van der Waals surface area contributed by atoms with Gasteiger partial charge in [0.2, 0.25) is 5.82 Å². The van der Waals surface area contributed by atoms with Crippen LogP contribution in [0.3, 0.4) is 0 Å². The Morgan fingerprint density at radius 2 is 2.11 bits per heavy atom. The van der Waals surface area contributed by atoms with E-state index in [0.717, 1.165) is 31.7 Å². The molecule has 0 bridgehead atoms. The molecular formula is C12H16FN3O2.